The zero-order chi connectivity index (χ0) is 18.1. The first-order valence-electron chi connectivity index (χ1n) is 8.76. The number of carbonyl (C=O) groups is 1. The van der Waals surface area contributed by atoms with Crippen molar-refractivity contribution in [3.05, 3.63) is 40.9 Å². The highest BCUT2D eigenvalue weighted by Crippen LogP contribution is 2.40. The third-order valence-corrected chi connectivity index (χ3v) is 6.92. The maximum absolute atomic E-state index is 12.5. The SMILES string of the molecule is C[C@H]1CCc2c(sc3ncnc(SCC(=O)N(C)Cc4ccco4)c23)C1. The highest BCUT2D eigenvalue weighted by Gasteiger charge is 2.23. The van der Waals surface area contributed by atoms with Crippen LogP contribution >= 0.6 is 23.1 Å². The minimum absolute atomic E-state index is 0.0656. The van der Waals surface area contributed by atoms with Gasteiger partial charge in [0.2, 0.25) is 5.91 Å². The quantitative estimate of drug-likeness (QED) is 0.486. The van der Waals surface area contributed by atoms with Crippen molar-refractivity contribution in [2.75, 3.05) is 12.8 Å². The number of aryl methyl sites for hydroxylation is 1. The van der Waals surface area contributed by atoms with E-state index in [4.69, 9.17) is 4.42 Å². The fraction of sp³-hybridized carbons (Fsp3) is 0.421. The van der Waals surface area contributed by atoms with Gasteiger partial charge in [-0.2, -0.15) is 0 Å². The van der Waals surface area contributed by atoms with Crippen LogP contribution in [-0.4, -0.2) is 33.6 Å². The van der Waals surface area contributed by atoms with Crippen molar-refractivity contribution in [2.45, 2.75) is 37.8 Å². The third-order valence-electron chi connectivity index (χ3n) is 4.79. The summed E-state index contributed by atoms with van der Waals surface area (Å²) in [5.41, 5.74) is 1.41. The molecule has 3 heterocycles. The number of hydrogen-bond donors (Lipinski definition) is 0. The Morgan fingerprint density at radius 2 is 2.35 bits per heavy atom. The van der Waals surface area contributed by atoms with Gasteiger partial charge >= 0.3 is 0 Å². The lowest BCUT2D eigenvalue weighted by Crippen LogP contribution is -2.27. The number of furan rings is 1. The molecule has 0 fully saturated rings. The van der Waals surface area contributed by atoms with Gasteiger partial charge in [-0.1, -0.05) is 18.7 Å². The molecule has 1 amide bonds. The summed E-state index contributed by atoms with van der Waals surface area (Å²) < 4.78 is 5.32. The summed E-state index contributed by atoms with van der Waals surface area (Å²) in [5, 5.41) is 2.10. The molecule has 0 unspecified atom stereocenters. The van der Waals surface area contributed by atoms with E-state index in [-0.39, 0.29) is 5.91 Å². The average molecular weight is 388 g/mol. The molecule has 1 aliphatic rings. The maximum atomic E-state index is 12.5. The molecule has 7 heteroatoms. The first-order chi connectivity index (χ1) is 12.6. The van der Waals surface area contributed by atoms with Gasteiger partial charge in [0.15, 0.2) is 0 Å². The van der Waals surface area contributed by atoms with E-state index in [2.05, 4.69) is 16.9 Å². The average Bonchev–Trinajstić information content (AvgIpc) is 3.26. The van der Waals surface area contributed by atoms with Crippen molar-refractivity contribution in [2.24, 2.45) is 5.92 Å². The molecule has 1 atom stereocenters. The first kappa shape index (κ1) is 17.5. The predicted molar refractivity (Wildman–Crippen MR) is 105 cm³/mol. The van der Waals surface area contributed by atoms with Crippen molar-refractivity contribution >= 4 is 39.2 Å². The smallest absolute Gasteiger partial charge is 0.233 e. The van der Waals surface area contributed by atoms with E-state index in [1.54, 1.807) is 35.9 Å². The Morgan fingerprint density at radius 3 is 3.15 bits per heavy atom. The lowest BCUT2D eigenvalue weighted by molar-refractivity contribution is -0.127. The van der Waals surface area contributed by atoms with Crippen LogP contribution in [0.15, 0.2) is 34.2 Å². The molecule has 5 nitrogen and oxygen atoms in total. The number of hydrogen-bond acceptors (Lipinski definition) is 6. The van der Waals surface area contributed by atoms with Gasteiger partial charge in [0.05, 0.1) is 18.6 Å². The van der Waals surface area contributed by atoms with E-state index >= 15 is 0 Å². The molecule has 26 heavy (non-hydrogen) atoms. The zero-order valence-corrected chi connectivity index (χ0v) is 16.5. The van der Waals surface area contributed by atoms with E-state index in [0.717, 1.165) is 34.4 Å². The Kier molecular flexibility index (Phi) is 5.00. The molecule has 4 rings (SSSR count). The number of amides is 1. The number of thiophene rings is 1. The van der Waals surface area contributed by atoms with Crippen molar-refractivity contribution in [3.63, 3.8) is 0 Å². The summed E-state index contributed by atoms with van der Waals surface area (Å²) in [4.78, 5) is 25.6. The van der Waals surface area contributed by atoms with Gasteiger partial charge in [-0.25, -0.2) is 9.97 Å². The molecule has 0 aromatic carbocycles. The van der Waals surface area contributed by atoms with E-state index < -0.39 is 0 Å². The number of carbonyl (C=O) groups excluding carboxylic acids is 1. The first-order valence-corrected chi connectivity index (χ1v) is 10.6. The van der Waals surface area contributed by atoms with Crippen LogP contribution in [-0.2, 0) is 24.2 Å². The van der Waals surface area contributed by atoms with Gasteiger partial charge in [-0.05, 0) is 42.9 Å². The van der Waals surface area contributed by atoms with Crippen molar-refractivity contribution < 1.29 is 9.21 Å². The summed E-state index contributed by atoms with van der Waals surface area (Å²) in [6, 6.07) is 3.71. The Morgan fingerprint density at radius 1 is 1.46 bits per heavy atom. The van der Waals surface area contributed by atoms with Crippen LogP contribution in [0.3, 0.4) is 0 Å². The molecule has 0 saturated carbocycles. The Bertz CT molecular complexity index is 920. The standard InChI is InChI=1S/C19H21N3O2S2/c1-12-5-6-14-15(8-12)26-19-17(14)18(20-11-21-19)25-10-16(23)22(2)9-13-4-3-7-24-13/h3-4,7,11-12H,5-6,8-10H2,1-2H3/t12-/m0/s1. The highest BCUT2D eigenvalue weighted by atomic mass is 32.2. The predicted octanol–water partition coefficient (Wildman–Crippen LogP) is 4.16. The molecule has 1 aliphatic carbocycles. The minimum atomic E-state index is 0.0656. The second kappa shape index (κ2) is 7.40. The molecule has 0 spiro atoms. The number of thioether (sulfide) groups is 1. The van der Waals surface area contributed by atoms with Crippen LogP contribution in [0, 0.1) is 5.92 Å². The van der Waals surface area contributed by atoms with Gasteiger partial charge in [0, 0.05) is 17.3 Å². The van der Waals surface area contributed by atoms with Crippen LogP contribution in [0.5, 0.6) is 0 Å². The van der Waals surface area contributed by atoms with Crippen molar-refractivity contribution in [1.29, 1.82) is 0 Å². The zero-order valence-electron chi connectivity index (χ0n) is 14.9. The number of fused-ring (bicyclic) bond motifs is 3. The van der Waals surface area contributed by atoms with Crippen molar-refractivity contribution in [1.82, 2.24) is 14.9 Å². The molecule has 0 bridgehead atoms. The molecule has 136 valence electrons. The maximum Gasteiger partial charge on any atom is 0.233 e. The van der Waals surface area contributed by atoms with E-state index in [1.165, 1.54) is 34.0 Å². The van der Waals surface area contributed by atoms with Gasteiger partial charge in [0.1, 0.15) is 21.9 Å². The second-order valence-electron chi connectivity index (χ2n) is 6.83. The third kappa shape index (κ3) is 3.50. The van der Waals surface area contributed by atoms with Gasteiger partial charge in [0.25, 0.3) is 0 Å². The summed E-state index contributed by atoms with van der Waals surface area (Å²) in [6.45, 7) is 2.79. The molecule has 0 N–H and O–H groups in total. The van der Waals surface area contributed by atoms with Gasteiger partial charge in [-0.15, -0.1) is 11.3 Å². The fourth-order valence-corrected chi connectivity index (χ4v) is 5.70. The highest BCUT2D eigenvalue weighted by molar-refractivity contribution is 8.00. The molecule has 0 saturated heterocycles. The topological polar surface area (TPSA) is 59.2 Å². The molecular formula is C19H21N3O2S2. The number of nitrogens with zero attached hydrogens (tertiary/aromatic N) is 3. The van der Waals surface area contributed by atoms with Crippen LogP contribution < -0.4 is 0 Å². The fourth-order valence-electron chi connectivity index (χ4n) is 3.32. The van der Waals surface area contributed by atoms with E-state index in [1.807, 2.05) is 12.1 Å². The van der Waals surface area contributed by atoms with E-state index in [9.17, 15) is 4.79 Å². The Labute approximate surface area is 160 Å². The number of rotatable bonds is 5. The normalized spacial score (nSPS) is 16.6. The Hall–Kier alpha value is -1.86. The van der Waals surface area contributed by atoms with Gasteiger partial charge in [-0.3, -0.25) is 4.79 Å². The lowest BCUT2D eigenvalue weighted by Gasteiger charge is -2.18. The minimum Gasteiger partial charge on any atom is -0.467 e. The summed E-state index contributed by atoms with van der Waals surface area (Å²) in [6.07, 6.45) is 6.67. The summed E-state index contributed by atoms with van der Waals surface area (Å²) in [5.74, 6) is 1.95. The Balaban J connectivity index is 1.49. The summed E-state index contributed by atoms with van der Waals surface area (Å²) >= 11 is 3.30. The lowest BCUT2D eigenvalue weighted by atomic mass is 9.89. The molecule has 3 aromatic rings. The van der Waals surface area contributed by atoms with Crippen molar-refractivity contribution in [3.8, 4) is 0 Å². The monoisotopic (exact) mass is 387 g/mol. The molecule has 0 aliphatic heterocycles. The van der Waals surface area contributed by atoms with E-state index in [0.29, 0.717) is 12.3 Å². The molecule has 0 radical (unpaired) electrons. The van der Waals surface area contributed by atoms with Crippen LogP contribution in [0.1, 0.15) is 29.5 Å². The van der Waals surface area contributed by atoms with Crippen LogP contribution in [0.4, 0.5) is 0 Å². The number of aromatic nitrogens is 2. The van der Waals surface area contributed by atoms with Crippen LogP contribution in [0.25, 0.3) is 10.2 Å². The molecule has 3 aromatic heterocycles. The molecular weight excluding hydrogens is 366 g/mol. The van der Waals surface area contributed by atoms with Gasteiger partial charge < -0.3 is 9.32 Å². The summed E-state index contributed by atoms with van der Waals surface area (Å²) in [7, 11) is 1.80. The van der Waals surface area contributed by atoms with Crippen LogP contribution in [0.2, 0.25) is 0 Å². The largest absolute Gasteiger partial charge is 0.467 e. The second-order valence-corrected chi connectivity index (χ2v) is 8.88.